The van der Waals surface area contributed by atoms with E-state index in [1.165, 1.54) is 18.7 Å². The zero-order chi connectivity index (χ0) is 15.6. The molecule has 1 aromatic heterocycles. The van der Waals surface area contributed by atoms with Crippen molar-refractivity contribution in [2.75, 3.05) is 18.4 Å². The number of hydrogen-bond donors (Lipinski definition) is 2. The first-order valence-electron chi connectivity index (χ1n) is 8.48. The predicted octanol–water partition coefficient (Wildman–Crippen LogP) is 2.43. The minimum atomic E-state index is 0.0922. The van der Waals surface area contributed by atoms with Gasteiger partial charge in [-0.25, -0.2) is 4.98 Å². The number of aryl methyl sites for hydroxylation is 2. The molecule has 1 unspecified atom stereocenters. The lowest BCUT2D eigenvalue weighted by molar-refractivity contribution is -0.119. The van der Waals surface area contributed by atoms with E-state index < -0.39 is 0 Å². The predicted molar refractivity (Wildman–Crippen MR) is 90.2 cm³/mol. The van der Waals surface area contributed by atoms with Crippen LogP contribution in [0.15, 0.2) is 30.5 Å². The second-order valence-electron chi connectivity index (χ2n) is 6.45. The Morgan fingerprint density at radius 2 is 2.13 bits per heavy atom. The molecule has 0 bridgehead atoms. The van der Waals surface area contributed by atoms with Gasteiger partial charge in [0.2, 0.25) is 5.91 Å². The number of anilines is 1. The van der Waals surface area contributed by atoms with E-state index in [-0.39, 0.29) is 11.8 Å². The van der Waals surface area contributed by atoms with Crippen LogP contribution in [0.3, 0.4) is 0 Å². The van der Waals surface area contributed by atoms with Crippen LogP contribution in [0.1, 0.15) is 25.1 Å². The molecule has 5 nitrogen and oxygen atoms in total. The molecule has 4 rings (SSSR count). The summed E-state index contributed by atoms with van der Waals surface area (Å²) < 4.78 is 2.27. The fraction of sp³-hybridized carbons (Fsp3) is 0.444. The first-order valence-corrected chi connectivity index (χ1v) is 8.48. The Morgan fingerprint density at radius 3 is 2.87 bits per heavy atom. The van der Waals surface area contributed by atoms with Gasteiger partial charge in [-0.05, 0) is 37.9 Å². The maximum absolute atomic E-state index is 12.1. The van der Waals surface area contributed by atoms with Gasteiger partial charge in [-0.2, -0.15) is 0 Å². The maximum Gasteiger partial charge on any atom is 0.228 e. The second kappa shape index (κ2) is 6.16. The molecule has 1 aromatic carbocycles. The Bertz CT molecular complexity index is 675. The Labute approximate surface area is 136 Å². The molecular weight excluding hydrogens is 288 g/mol. The van der Waals surface area contributed by atoms with Gasteiger partial charge in [0.25, 0.3) is 0 Å². The average Bonchev–Trinajstić information content (AvgIpc) is 3.25. The summed E-state index contributed by atoms with van der Waals surface area (Å²) in [4.78, 5) is 16.9. The molecule has 2 N–H and O–H groups in total. The van der Waals surface area contributed by atoms with Crippen molar-refractivity contribution in [2.24, 2.45) is 5.92 Å². The van der Waals surface area contributed by atoms with Crippen molar-refractivity contribution in [3.05, 3.63) is 36.3 Å². The molecule has 5 heteroatoms. The summed E-state index contributed by atoms with van der Waals surface area (Å²) in [5, 5.41) is 6.23. The summed E-state index contributed by atoms with van der Waals surface area (Å²) in [7, 11) is 0. The van der Waals surface area contributed by atoms with E-state index in [2.05, 4.69) is 21.4 Å². The number of rotatable bonds is 3. The summed E-state index contributed by atoms with van der Waals surface area (Å²) in [6.07, 6.45) is 6.61. The van der Waals surface area contributed by atoms with Crippen LogP contribution in [-0.4, -0.2) is 28.5 Å². The van der Waals surface area contributed by atoms with E-state index in [0.29, 0.717) is 0 Å². The number of fused-ring (bicyclic) bond motifs is 1. The van der Waals surface area contributed by atoms with E-state index >= 15 is 0 Å². The maximum atomic E-state index is 12.1. The molecule has 1 saturated heterocycles. The molecule has 0 radical (unpaired) electrons. The average molecular weight is 310 g/mol. The molecule has 3 heterocycles. The highest BCUT2D eigenvalue weighted by Gasteiger charge is 2.22. The number of amides is 1. The van der Waals surface area contributed by atoms with Crippen molar-refractivity contribution >= 4 is 11.6 Å². The topological polar surface area (TPSA) is 59.0 Å². The molecule has 120 valence electrons. The van der Waals surface area contributed by atoms with Crippen molar-refractivity contribution in [3.8, 4) is 11.3 Å². The summed E-state index contributed by atoms with van der Waals surface area (Å²) in [6.45, 7) is 2.79. The number of nitrogens with one attached hydrogen (secondary N) is 2. The highest BCUT2D eigenvalue weighted by Crippen LogP contribution is 2.24. The zero-order valence-electron chi connectivity index (χ0n) is 13.2. The van der Waals surface area contributed by atoms with Crippen molar-refractivity contribution < 1.29 is 4.79 Å². The van der Waals surface area contributed by atoms with Crippen LogP contribution in [0.4, 0.5) is 5.69 Å². The van der Waals surface area contributed by atoms with E-state index in [1.54, 1.807) is 0 Å². The minimum absolute atomic E-state index is 0.0922. The van der Waals surface area contributed by atoms with Crippen LogP contribution < -0.4 is 10.6 Å². The highest BCUT2D eigenvalue weighted by molar-refractivity contribution is 5.93. The van der Waals surface area contributed by atoms with Gasteiger partial charge < -0.3 is 15.2 Å². The fourth-order valence-electron chi connectivity index (χ4n) is 3.40. The van der Waals surface area contributed by atoms with E-state index in [9.17, 15) is 4.79 Å². The molecule has 1 atom stereocenters. The Hall–Kier alpha value is -2.14. The third-order valence-corrected chi connectivity index (χ3v) is 4.79. The molecule has 2 aromatic rings. The number of aromatic nitrogens is 2. The number of carbonyl (C=O) groups excluding carboxylic acids is 1. The quantitative estimate of drug-likeness (QED) is 0.915. The number of nitrogens with zero attached hydrogens (tertiary/aromatic N) is 2. The summed E-state index contributed by atoms with van der Waals surface area (Å²) in [5.41, 5.74) is 2.99. The van der Waals surface area contributed by atoms with Crippen LogP contribution in [0.5, 0.6) is 0 Å². The van der Waals surface area contributed by atoms with Gasteiger partial charge >= 0.3 is 0 Å². The van der Waals surface area contributed by atoms with Gasteiger partial charge in [-0.1, -0.05) is 12.1 Å². The van der Waals surface area contributed by atoms with Gasteiger partial charge in [-0.15, -0.1) is 0 Å². The molecule has 23 heavy (non-hydrogen) atoms. The van der Waals surface area contributed by atoms with Crippen molar-refractivity contribution in [1.82, 2.24) is 14.9 Å². The smallest absolute Gasteiger partial charge is 0.228 e. The third-order valence-electron chi connectivity index (χ3n) is 4.79. The Kier molecular flexibility index (Phi) is 3.87. The van der Waals surface area contributed by atoms with Gasteiger partial charge in [0.15, 0.2) is 0 Å². The van der Waals surface area contributed by atoms with Gasteiger partial charge in [0.1, 0.15) is 5.82 Å². The fourth-order valence-corrected chi connectivity index (χ4v) is 3.40. The summed E-state index contributed by atoms with van der Waals surface area (Å²) >= 11 is 0. The summed E-state index contributed by atoms with van der Waals surface area (Å²) in [6, 6.07) is 8.01. The second-order valence-corrected chi connectivity index (χ2v) is 6.45. The standard InChI is InChI=1S/C18H22N4O/c23-18(14-8-9-19-11-14)20-15-6-4-13(5-7-15)16-12-22-10-2-1-3-17(22)21-16/h4-7,12,14,19H,1-3,8-11H2,(H,20,23). The lowest BCUT2D eigenvalue weighted by atomic mass is 10.1. The molecule has 0 aliphatic carbocycles. The first kappa shape index (κ1) is 14.5. The van der Waals surface area contributed by atoms with Crippen molar-refractivity contribution in [2.45, 2.75) is 32.2 Å². The molecule has 0 spiro atoms. The number of imidazole rings is 1. The van der Waals surface area contributed by atoms with Crippen LogP contribution >= 0.6 is 0 Å². The minimum Gasteiger partial charge on any atom is -0.334 e. The largest absolute Gasteiger partial charge is 0.334 e. The number of carbonyl (C=O) groups is 1. The van der Waals surface area contributed by atoms with Gasteiger partial charge in [0.05, 0.1) is 11.6 Å². The van der Waals surface area contributed by atoms with Crippen LogP contribution in [-0.2, 0) is 17.8 Å². The molecule has 0 saturated carbocycles. The van der Waals surface area contributed by atoms with E-state index in [1.807, 2.05) is 24.3 Å². The molecule has 1 fully saturated rings. The van der Waals surface area contributed by atoms with Crippen LogP contribution in [0.2, 0.25) is 0 Å². The monoisotopic (exact) mass is 310 g/mol. The molecule has 2 aliphatic heterocycles. The molecule has 2 aliphatic rings. The third kappa shape index (κ3) is 3.01. The summed E-state index contributed by atoms with van der Waals surface area (Å²) in [5.74, 6) is 1.40. The molecule has 1 amide bonds. The van der Waals surface area contributed by atoms with Crippen molar-refractivity contribution in [3.63, 3.8) is 0 Å². The zero-order valence-corrected chi connectivity index (χ0v) is 13.2. The highest BCUT2D eigenvalue weighted by atomic mass is 16.1. The SMILES string of the molecule is O=C(Nc1ccc(-c2cn3c(n2)CCCC3)cc1)C1CCNC1. The molecular formula is C18H22N4O. The Balaban J connectivity index is 1.47. The Morgan fingerprint density at radius 1 is 1.26 bits per heavy atom. The number of benzene rings is 1. The van der Waals surface area contributed by atoms with E-state index in [4.69, 9.17) is 4.98 Å². The van der Waals surface area contributed by atoms with Gasteiger partial charge in [0, 0.05) is 37.0 Å². The number of hydrogen-bond acceptors (Lipinski definition) is 3. The van der Waals surface area contributed by atoms with Crippen LogP contribution in [0.25, 0.3) is 11.3 Å². The normalized spacial score (nSPS) is 20.3. The van der Waals surface area contributed by atoms with Crippen molar-refractivity contribution in [1.29, 1.82) is 0 Å². The lowest BCUT2D eigenvalue weighted by Gasteiger charge is -2.11. The van der Waals surface area contributed by atoms with Crippen LogP contribution in [0, 0.1) is 5.92 Å². The van der Waals surface area contributed by atoms with E-state index in [0.717, 1.165) is 49.4 Å². The van der Waals surface area contributed by atoms with Gasteiger partial charge in [-0.3, -0.25) is 4.79 Å². The first-order chi connectivity index (χ1) is 11.3. The lowest BCUT2D eigenvalue weighted by Crippen LogP contribution is -2.24.